The maximum absolute atomic E-state index is 12.0. The van der Waals surface area contributed by atoms with Gasteiger partial charge in [-0.15, -0.1) is 0 Å². The summed E-state index contributed by atoms with van der Waals surface area (Å²) in [5, 5.41) is 14.5. The quantitative estimate of drug-likeness (QED) is 0.622. The van der Waals surface area contributed by atoms with Crippen LogP contribution in [0.5, 0.6) is 0 Å². The number of imidazole rings is 1. The number of nitrogens with zero attached hydrogens (tertiary/aromatic N) is 1. The molecule has 21 heavy (non-hydrogen) atoms. The molecule has 0 saturated carbocycles. The minimum absolute atomic E-state index is 0.155. The van der Waals surface area contributed by atoms with E-state index in [1.54, 1.807) is 0 Å². The Kier molecular flexibility index (Phi) is 4.79. The lowest BCUT2D eigenvalue weighted by Gasteiger charge is -2.34. The van der Waals surface area contributed by atoms with Gasteiger partial charge in [0.2, 0.25) is 0 Å². The number of carboxylic acid groups (broad SMARTS) is 1. The van der Waals surface area contributed by atoms with Crippen molar-refractivity contribution in [2.24, 2.45) is 0 Å². The number of nitrogens with one attached hydrogen (secondary N) is 3. The third kappa shape index (κ3) is 4.45. The normalized spacial score (nSPS) is 18.7. The van der Waals surface area contributed by atoms with E-state index in [9.17, 15) is 14.7 Å². The highest BCUT2D eigenvalue weighted by atomic mass is 16.5. The summed E-state index contributed by atoms with van der Waals surface area (Å²) in [5.74, 6) is -1.09. The third-order valence-electron chi connectivity index (χ3n) is 3.59. The van der Waals surface area contributed by atoms with Crippen molar-refractivity contribution in [2.75, 3.05) is 13.2 Å². The van der Waals surface area contributed by atoms with Crippen molar-refractivity contribution in [3.8, 4) is 0 Å². The second-order valence-corrected chi connectivity index (χ2v) is 5.44. The molecule has 8 nitrogen and oxygen atoms in total. The Labute approximate surface area is 122 Å². The van der Waals surface area contributed by atoms with Crippen LogP contribution in [0, 0.1) is 0 Å². The zero-order chi connectivity index (χ0) is 15.3. The first-order chi connectivity index (χ1) is 9.98. The summed E-state index contributed by atoms with van der Waals surface area (Å²) in [6.07, 6.45) is 4.58. The summed E-state index contributed by atoms with van der Waals surface area (Å²) in [6.45, 7) is 3.11. The summed E-state index contributed by atoms with van der Waals surface area (Å²) in [7, 11) is 0. The molecule has 0 aromatic carbocycles. The van der Waals surface area contributed by atoms with Crippen molar-refractivity contribution >= 4 is 12.0 Å². The zero-order valence-electron chi connectivity index (χ0n) is 11.9. The summed E-state index contributed by atoms with van der Waals surface area (Å²) in [5.41, 5.74) is 0.291. The molecule has 1 atom stereocenters. The van der Waals surface area contributed by atoms with Gasteiger partial charge in [-0.3, -0.25) is 0 Å². The number of aromatic amines is 1. The van der Waals surface area contributed by atoms with Gasteiger partial charge in [-0.25, -0.2) is 14.6 Å². The van der Waals surface area contributed by atoms with E-state index >= 15 is 0 Å². The van der Waals surface area contributed by atoms with Crippen LogP contribution < -0.4 is 10.6 Å². The molecule has 1 aromatic rings. The number of hydrogen-bond acceptors (Lipinski definition) is 4. The first kappa shape index (κ1) is 15.3. The third-order valence-corrected chi connectivity index (χ3v) is 3.59. The fraction of sp³-hybridized carbons (Fsp3) is 0.615. The van der Waals surface area contributed by atoms with E-state index in [2.05, 4.69) is 20.6 Å². The smallest absolute Gasteiger partial charge is 0.326 e. The molecule has 1 aromatic heterocycles. The molecule has 8 heteroatoms. The number of carbonyl (C=O) groups excluding carboxylic acids is 1. The molecule has 1 aliphatic heterocycles. The predicted octanol–water partition coefficient (Wildman–Crippen LogP) is 0.274. The second kappa shape index (κ2) is 6.57. The molecule has 4 N–H and O–H groups in total. The van der Waals surface area contributed by atoms with Crippen LogP contribution in [-0.4, -0.2) is 51.9 Å². The number of carbonyl (C=O) groups is 2. The van der Waals surface area contributed by atoms with Crippen molar-refractivity contribution in [2.45, 2.75) is 37.8 Å². The van der Waals surface area contributed by atoms with Crippen LogP contribution in [0.3, 0.4) is 0 Å². The maximum atomic E-state index is 12.0. The fourth-order valence-electron chi connectivity index (χ4n) is 2.23. The van der Waals surface area contributed by atoms with Crippen LogP contribution in [-0.2, 0) is 16.0 Å². The Morgan fingerprint density at radius 1 is 1.52 bits per heavy atom. The van der Waals surface area contributed by atoms with Crippen LogP contribution in [0.15, 0.2) is 12.5 Å². The number of aliphatic carboxylic acids is 1. The molecule has 2 rings (SSSR count). The summed E-state index contributed by atoms with van der Waals surface area (Å²) >= 11 is 0. The SMILES string of the molecule is CC1(NC(=O)NC(Cc2cnc[nH]2)C(=O)O)CCOCC1. The highest BCUT2D eigenvalue weighted by Gasteiger charge is 2.30. The molecule has 116 valence electrons. The minimum Gasteiger partial charge on any atom is -0.480 e. The van der Waals surface area contributed by atoms with E-state index in [4.69, 9.17) is 4.74 Å². The average molecular weight is 296 g/mol. The van der Waals surface area contributed by atoms with Gasteiger partial charge in [0.25, 0.3) is 0 Å². The van der Waals surface area contributed by atoms with Gasteiger partial charge < -0.3 is 25.5 Å². The van der Waals surface area contributed by atoms with Crippen molar-refractivity contribution < 1.29 is 19.4 Å². The van der Waals surface area contributed by atoms with E-state index < -0.39 is 18.0 Å². The molecule has 0 aliphatic carbocycles. The van der Waals surface area contributed by atoms with Crippen molar-refractivity contribution in [3.05, 3.63) is 18.2 Å². The topological polar surface area (TPSA) is 116 Å². The molecular weight excluding hydrogens is 276 g/mol. The van der Waals surface area contributed by atoms with Gasteiger partial charge in [-0.2, -0.15) is 0 Å². The molecule has 1 aliphatic rings. The molecule has 2 heterocycles. The number of carboxylic acids is 1. The van der Waals surface area contributed by atoms with E-state index in [0.29, 0.717) is 31.7 Å². The first-order valence-corrected chi connectivity index (χ1v) is 6.85. The molecule has 0 bridgehead atoms. The van der Waals surface area contributed by atoms with E-state index in [0.717, 1.165) is 0 Å². The number of ether oxygens (including phenoxy) is 1. The number of aromatic nitrogens is 2. The van der Waals surface area contributed by atoms with Gasteiger partial charge in [0, 0.05) is 37.1 Å². The molecule has 1 saturated heterocycles. The Balaban J connectivity index is 1.90. The summed E-state index contributed by atoms with van der Waals surface area (Å²) < 4.78 is 5.26. The summed E-state index contributed by atoms with van der Waals surface area (Å²) in [6, 6.07) is -1.49. The highest BCUT2D eigenvalue weighted by Crippen LogP contribution is 2.19. The maximum Gasteiger partial charge on any atom is 0.326 e. The van der Waals surface area contributed by atoms with Crippen LogP contribution in [0.4, 0.5) is 4.79 Å². The molecule has 1 fully saturated rings. The lowest BCUT2D eigenvalue weighted by Crippen LogP contribution is -2.56. The number of rotatable bonds is 5. The van der Waals surface area contributed by atoms with Crippen LogP contribution in [0.1, 0.15) is 25.5 Å². The van der Waals surface area contributed by atoms with Gasteiger partial charge in [-0.1, -0.05) is 0 Å². The number of amides is 2. The van der Waals surface area contributed by atoms with Crippen LogP contribution in [0.2, 0.25) is 0 Å². The lowest BCUT2D eigenvalue weighted by molar-refractivity contribution is -0.139. The lowest BCUT2D eigenvalue weighted by atomic mass is 9.93. The van der Waals surface area contributed by atoms with Crippen molar-refractivity contribution in [3.63, 3.8) is 0 Å². The molecule has 0 spiro atoms. The molecule has 1 unspecified atom stereocenters. The minimum atomic E-state index is -1.09. The molecule has 0 radical (unpaired) electrons. The number of urea groups is 1. The van der Waals surface area contributed by atoms with E-state index in [1.165, 1.54) is 12.5 Å². The van der Waals surface area contributed by atoms with Gasteiger partial charge in [-0.05, 0) is 19.8 Å². The molecule has 2 amide bonds. The van der Waals surface area contributed by atoms with Gasteiger partial charge in [0.05, 0.1) is 6.33 Å². The van der Waals surface area contributed by atoms with Gasteiger partial charge >= 0.3 is 12.0 Å². The van der Waals surface area contributed by atoms with Crippen molar-refractivity contribution in [1.82, 2.24) is 20.6 Å². The Hall–Kier alpha value is -2.09. The predicted molar refractivity (Wildman–Crippen MR) is 73.8 cm³/mol. The Bertz CT molecular complexity index is 482. The fourth-order valence-corrected chi connectivity index (χ4v) is 2.23. The van der Waals surface area contributed by atoms with E-state index in [-0.39, 0.29) is 12.0 Å². The molecular formula is C13H20N4O4. The average Bonchev–Trinajstić information content (AvgIpc) is 2.91. The number of hydrogen-bond donors (Lipinski definition) is 4. The van der Waals surface area contributed by atoms with E-state index in [1.807, 2.05) is 6.92 Å². The zero-order valence-corrected chi connectivity index (χ0v) is 11.9. The second-order valence-electron chi connectivity index (χ2n) is 5.44. The van der Waals surface area contributed by atoms with Gasteiger partial charge in [0.15, 0.2) is 0 Å². The Morgan fingerprint density at radius 2 is 2.24 bits per heavy atom. The Morgan fingerprint density at radius 3 is 2.81 bits per heavy atom. The summed E-state index contributed by atoms with van der Waals surface area (Å²) in [4.78, 5) is 29.9. The van der Waals surface area contributed by atoms with Crippen molar-refractivity contribution in [1.29, 1.82) is 0 Å². The highest BCUT2D eigenvalue weighted by molar-refractivity contribution is 5.83. The van der Waals surface area contributed by atoms with Crippen LogP contribution in [0.25, 0.3) is 0 Å². The largest absolute Gasteiger partial charge is 0.480 e. The monoisotopic (exact) mass is 296 g/mol. The van der Waals surface area contributed by atoms with Crippen LogP contribution >= 0.6 is 0 Å². The first-order valence-electron chi connectivity index (χ1n) is 6.85. The standard InChI is InChI=1S/C13H20N4O4/c1-13(2-4-21-5-3-13)17-12(20)16-10(11(18)19)6-9-7-14-8-15-9/h7-8,10H,2-6H2,1H3,(H,14,15)(H,18,19)(H2,16,17,20). The number of H-pyrrole nitrogens is 1. The van der Waals surface area contributed by atoms with Gasteiger partial charge in [0.1, 0.15) is 6.04 Å².